The molecular weight excluding hydrogens is 556 g/mol. The Hall–Kier alpha value is -2.90. The summed E-state index contributed by atoms with van der Waals surface area (Å²) in [5, 5.41) is 12.9. The molecule has 2 amide bonds. The number of sulfonamides is 1. The highest BCUT2D eigenvalue weighted by Crippen LogP contribution is 2.40. The van der Waals surface area contributed by atoms with E-state index in [-0.39, 0.29) is 36.1 Å². The Labute approximate surface area is 240 Å². The van der Waals surface area contributed by atoms with Crippen LogP contribution in [0.25, 0.3) is 10.4 Å². The third kappa shape index (κ3) is 9.07. The molecule has 0 unspecified atom stereocenters. The summed E-state index contributed by atoms with van der Waals surface area (Å²) in [5.41, 5.74) is -0.188. The molecule has 1 heterocycles. The molecule has 0 atom stereocenters. The number of nitrogens with one attached hydrogen (secondary N) is 2. The van der Waals surface area contributed by atoms with Crippen LogP contribution >= 0.6 is 11.3 Å². The third-order valence-electron chi connectivity index (χ3n) is 6.24. The largest absolute Gasteiger partial charge is 0.492 e. The average Bonchev–Trinajstić information content (AvgIpc) is 3.32. The van der Waals surface area contributed by atoms with Crippen molar-refractivity contribution in [3.05, 3.63) is 29.4 Å². The van der Waals surface area contributed by atoms with E-state index >= 15 is 0 Å². The normalized spacial score (nSPS) is 17.9. The van der Waals surface area contributed by atoms with Crippen molar-refractivity contribution in [2.24, 2.45) is 0 Å². The second kappa shape index (κ2) is 13.2. The molecule has 3 N–H and O–H groups in total. The number of alkyl carbamates (subject to hydrolysis) is 1. The van der Waals surface area contributed by atoms with Crippen LogP contribution in [-0.4, -0.2) is 73.5 Å². The molecule has 0 spiro atoms. The Kier molecular flexibility index (Phi) is 10.4. The summed E-state index contributed by atoms with van der Waals surface area (Å²) in [5.74, 6) is 0.544. The minimum absolute atomic E-state index is 0.0602. The molecule has 11 nitrogen and oxygen atoms in total. The van der Waals surface area contributed by atoms with Gasteiger partial charge in [-0.2, -0.15) is 0 Å². The van der Waals surface area contributed by atoms with Gasteiger partial charge in [-0.25, -0.2) is 27.7 Å². The Balaban J connectivity index is 1.79. The number of carbonyl (C=O) groups excluding carboxylic acids is 1. The van der Waals surface area contributed by atoms with Crippen LogP contribution in [-0.2, 0) is 14.8 Å². The number of ether oxygens (including phenoxy) is 2. The van der Waals surface area contributed by atoms with Gasteiger partial charge in [0.15, 0.2) is 0 Å². The van der Waals surface area contributed by atoms with Gasteiger partial charge in [0.25, 0.3) is 0 Å². The summed E-state index contributed by atoms with van der Waals surface area (Å²) < 4.78 is 40.5. The van der Waals surface area contributed by atoms with Crippen molar-refractivity contribution in [2.75, 3.05) is 20.2 Å². The molecule has 1 fully saturated rings. The molecule has 1 aliphatic carbocycles. The fraction of sp³-hybridized carbons (Fsp3) is 0.593. The van der Waals surface area contributed by atoms with Gasteiger partial charge in [0.2, 0.25) is 10.0 Å². The number of carboxylic acid groups (broad SMARTS) is 1. The summed E-state index contributed by atoms with van der Waals surface area (Å²) in [4.78, 5) is 29.5. The highest BCUT2D eigenvalue weighted by atomic mass is 32.2. The maximum absolute atomic E-state index is 13.5. The van der Waals surface area contributed by atoms with Gasteiger partial charge in [0, 0.05) is 42.4 Å². The van der Waals surface area contributed by atoms with Crippen LogP contribution in [0, 0.1) is 0 Å². The Bertz CT molecular complexity index is 1280. The molecule has 0 radical (unpaired) electrons. The zero-order chi connectivity index (χ0) is 29.7. The lowest BCUT2D eigenvalue weighted by atomic mass is 9.86. The molecule has 0 bridgehead atoms. The van der Waals surface area contributed by atoms with Crippen molar-refractivity contribution < 1.29 is 32.6 Å². The summed E-state index contributed by atoms with van der Waals surface area (Å²) >= 11 is 1.47. The first-order valence-electron chi connectivity index (χ1n) is 13.3. The van der Waals surface area contributed by atoms with Crippen LogP contribution in [0.15, 0.2) is 29.3 Å². The number of hydrogen-bond donors (Lipinski definition) is 3. The average molecular weight is 597 g/mol. The van der Waals surface area contributed by atoms with Crippen LogP contribution in [0.2, 0.25) is 0 Å². The molecule has 0 aliphatic heterocycles. The van der Waals surface area contributed by atoms with Crippen molar-refractivity contribution >= 4 is 33.5 Å². The van der Waals surface area contributed by atoms with Crippen LogP contribution in [0.5, 0.6) is 5.75 Å². The van der Waals surface area contributed by atoms with E-state index in [2.05, 4.69) is 15.0 Å². The smallest absolute Gasteiger partial charge is 0.407 e. The van der Waals surface area contributed by atoms with E-state index in [4.69, 9.17) is 14.6 Å². The fourth-order valence-electron chi connectivity index (χ4n) is 4.37. The summed E-state index contributed by atoms with van der Waals surface area (Å²) in [6.07, 6.45) is 3.40. The molecule has 40 heavy (non-hydrogen) atoms. The number of likely N-dealkylation sites (N-methyl/N-ethyl adjacent to an activating group) is 1. The molecule has 1 aromatic carbocycles. The maximum Gasteiger partial charge on any atom is 0.407 e. The van der Waals surface area contributed by atoms with Gasteiger partial charge in [-0.1, -0.05) is 0 Å². The van der Waals surface area contributed by atoms with Gasteiger partial charge in [0.05, 0.1) is 27.4 Å². The predicted molar refractivity (Wildman–Crippen MR) is 154 cm³/mol. The van der Waals surface area contributed by atoms with Gasteiger partial charge in [0.1, 0.15) is 12.4 Å². The number of amides is 2. The Morgan fingerprint density at radius 2 is 1.88 bits per heavy atom. The molecular formula is C27H40N4O7S2. The SMILES string of the molecule is CC(C)OC(=O)N[C@H]1CC[C@H](c2ncc(-c3ccc(OCCN(C)C(=O)O)cc3S(=O)(=O)NC(C)(C)C)s2)CC1. The van der Waals surface area contributed by atoms with Gasteiger partial charge >= 0.3 is 12.2 Å². The highest BCUT2D eigenvalue weighted by molar-refractivity contribution is 7.89. The molecule has 3 rings (SSSR count). The van der Waals surface area contributed by atoms with Gasteiger partial charge in [-0.15, -0.1) is 11.3 Å². The zero-order valence-corrected chi connectivity index (χ0v) is 25.5. The van der Waals surface area contributed by atoms with Crippen LogP contribution in [0.1, 0.15) is 71.2 Å². The lowest BCUT2D eigenvalue weighted by molar-refractivity contribution is 0.109. The number of rotatable bonds is 10. The van der Waals surface area contributed by atoms with Crippen molar-refractivity contribution in [2.45, 2.75) is 88.8 Å². The monoisotopic (exact) mass is 596 g/mol. The Morgan fingerprint density at radius 1 is 1.20 bits per heavy atom. The minimum atomic E-state index is -3.92. The number of nitrogens with zero attached hydrogens (tertiary/aromatic N) is 2. The van der Waals surface area contributed by atoms with E-state index < -0.39 is 27.7 Å². The van der Waals surface area contributed by atoms with E-state index in [0.717, 1.165) is 40.5 Å². The second-order valence-electron chi connectivity index (χ2n) is 11.3. The molecule has 1 saturated carbocycles. The van der Waals surface area contributed by atoms with Crippen molar-refractivity contribution in [3.63, 3.8) is 0 Å². The number of aromatic nitrogens is 1. The lowest BCUT2D eigenvalue weighted by Gasteiger charge is -2.28. The number of thiazole rings is 1. The van der Waals surface area contributed by atoms with Crippen LogP contribution < -0.4 is 14.8 Å². The first kappa shape index (κ1) is 31.6. The van der Waals surface area contributed by atoms with Gasteiger partial charge < -0.3 is 24.8 Å². The standard InChI is InChI=1S/C27H40N4O7S2/c1-17(2)38-25(32)29-19-9-7-18(8-10-19)24-28-16-22(39-24)21-12-11-20(37-14-13-31(6)26(33)34)15-23(21)40(35,36)30-27(3,4)5/h11-12,15-19,30H,7-10,13-14H2,1-6H3,(H,29,32)(H,33,34)/t18-,19-. The second-order valence-corrected chi connectivity index (χ2v) is 14.0. The fourth-order valence-corrected chi connectivity index (χ4v) is 7.22. The Morgan fingerprint density at radius 3 is 2.48 bits per heavy atom. The zero-order valence-electron chi connectivity index (χ0n) is 23.9. The molecule has 13 heteroatoms. The molecule has 2 aromatic rings. The van der Waals surface area contributed by atoms with Crippen LogP contribution in [0.3, 0.4) is 0 Å². The first-order chi connectivity index (χ1) is 18.6. The van der Waals surface area contributed by atoms with Crippen molar-refractivity contribution in [1.29, 1.82) is 0 Å². The number of hydrogen-bond acceptors (Lipinski definition) is 8. The van der Waals surface area contributed by atoms with E-state index in [1.807, 2.05) is 13.8 Å². The molecule has 0 saturated heterocycles. The van der Waals surface area contributed by atoms with Gasteiger partial charge in [-0.05, 0) is 72.4 Å². The molecule has 222 valence electrons. The predicted octanol–water partition coefficient (Wildman–Crippen LogP) is 5.04. The lowest BCUT2D eigenvalue weighted by Crippen LogP contribution is -2.40. The van der Waals surface area contributed by atoms with E-state index in [9.17, 15) is 18.0 Å². The molecule has 1 aromatic heterocycles. The summed E-state index contributed by atoms with van der Waals surface area (Å²) in [7, 11) is -2.49. The quantitative estimate of drug-likeness (QED) is 0.346. The van der Waals surface area contributed by atoms with Crippen molar-refractivity contribution in [3.8, 4) is 16.2 Å². The first-order valence-corrected chi connectivity index (χ1v) is 15.6. The summed E-state index contributed by atoms with van der Waals surface area (Å²) in [6, 6.07) is 4.91. The number of carbonyl (C=O) groups is 2. The van der Waals surface area contributed by atoms with E-state index in [0.29, 0.717) is 11.3 Å². The minimum Gasteiger partial charge on any atom is -0.492 e. The van der Waals surface area contributed by atoms with E-state index in [1.54, 1.807) is 39.1 Å². The topological polar surface area (TPSA) is 147 Å². The summed E-state index contributed by atoms with van der Waals surface area (Å²) in [6.45, 7) is 9.14. The highest BCUT2D eigenvalue weighted by Gasteiger charge is 2.29. The molecule has 1 aliphatic rings. The van der Waals surface area contributed by atoms with E-state index in [1.165, 1.54) is 24.5 Å². The maximum atomic E-state index is 13.5. The van der Waals surface area contributed by atoms with Crippen molar-refractivity contribution in [1.82, 2.24) is 19.9 Å². The number of benzene rings is 1. The van der Waals surface area contributed by atoms with Gasteiger partial charge in [-0.3, -0.25) is 0 Å². The third-order valence-corrected chi connectivity index (χ3v) is 9.23. The van der Waals surface area contributed by atoms with Crippen LogP contribution in [0.4, 0.5) is 9.59 Å².